The van der Waals surface area contributed by atoms with E-state index in [0.29, 0.717) is 0 Å². The molecule has 0 saturated carbocycles. The molecule has 0 unspecified atom stereocenters. The highest BCUT2D eigenvalue weighted by Gasteiger charge is 2.11. The number of quaternary nitrogens is 1. The van der Waals surface area contributed by atoms with Crippen molar-refractivity contribution < 1.29 is 20.9 Å². The number of rotatable bonds is 2. The van der Waals surface area contributed by atoms with Crippen molar-refractivity contribution in [3.05, 3.63) is 0 Å². The first-order valence-electron chi connectivity index (χ1n) is 3.25. The van der Waals surface area contributed by atoms with Crippen LogP contribution in [-0.2, 0) is 0 Å². The third-order valence-corrected chi connectivity index (χ3v) is 0.679. The molecule has 0 atom stereocenters. The highest BCUT2D eigenvalue weighted by molar-refractivity contribution is 6.23. The molecule has 0 amide bonds. The van der Waals surface area contributed by atoms with Crippen LogP contribution in [0.2, 0.25) is 0 Å². The zero-order valence-electron chi connectivity index (χ0n) is 7.17. The first-order valence-corrected chi connectivity index (χ1v) is 2.63. The van der Waals surface area contributed by atoms with Crippen molar-refractivity contribution in [3.8, 4) is 0 Å². The van der Waals surface area contributed by atoms with Crippen LogP contribution in [0.25, 0.3) is 0 Å². The van der Waals surface area contributed by atoms with Gasteiger partial charge in [0, 0.05) is 11.3 Å². The van der Waals surface area contributed by atoms with Gasteiger partial charge < -0.3 is 18.1 Å². The molecule has 0 aromatic carbocycles. The molecule has 0 heterocycles. The summed E-state index contributed by atoms with van der Waals surface area (Å²) in [6.45, 7) is 2.15. The molecule has 0 rings (SSSR count). The molecule has 0 fully saturated rings. The van der Waals surface area contributed by atoms with Crippen molar-refractivity contribution in [1.29, 1.82) is 0 Å². The fourth-order valence-electron chi connectivity index (χ4n) is 0.297. The first-order chi connectivity index (χ1) is 3.71. The molecule has 8 heavy (non-hydrogen) atoms. The summed E-state index contributed by atoms with van der Waals surface area (Å²) in [5.74, 6) is 0. The summed E-state index contributed by atoms with van der Waals surface area (Å²) in [6.07, 6.45) is 0.279. The minimum atomic E-state index is -1.40. The van der Waals surface area contributed by atoms with E-state index < -0.39 is 11.4 Å². The summed E-state index contributed by atoms with van der Waals surface area (Å²) >= 11 is 5.74. The van der Waals surface area contributed by atoms with Crippen LogP contribution in [0.15, 0.2) is 0 Å². The minimum absolute atomic E-state index is 0. The van der Waals surface area contributed by atoms with Gasteiger partial charge in [-0.3, -0.25) is 0 Å². The van der Waals surface area contributed by atoms with Crippen LogP contribution in [0.5, 0.6) is 0 Å². The van der Waals surface area contributed by atoms with Gasteiger partial charge in [-0.2, -0.15) is 0 Å². The van der Waals surface area contributed by atoms with Crippen molar-refractivity contribution in [2.45, 2.75) is 25.1 Å². The second kappa shape index (κ2) is 4.42. The van der Waals surface area contributed by atoms with Gasteiger partial charge >= 0.3 is 0 Å². The molecular formula is C5H13Cl2N. The summed E-state index contributed by atoms with van der Waals surface area (Å²) in [7, 11) is 0. The maximum Gasteiger partial charge on any atom is 0.0923 e. The van der Waals surface area contributed by atoms with Gasteiger partial charge in [-0.05, 0) is 13.8 Å². The van der Waals surface area contributed by atoms with E-state index in [4.69, 9.17) is 14.3 Å². The molecule has 0 bridgehead atoms. The molecule has 0 aromatic heterocycles. The number of hydrogen-bond acceptors (Lipinski definition) is 0. The fourth-order valence-corrected chi connectivity index (χ4v) is 0.392. The Morgan fingerprint density at radius 1 is 1.75 bits per heavy atom. The largest absolute Gasteiger partial charge is 1.00 e. The molecule has 3 heteroatoms. The molecule has 0 saturated heterocycles. The minimum Gasteiger partial charge on any atom is -1.00 e. The standard InChI is InChI=1S/C5H12ClN.ClH/c1-5(2,6)3-4-7;/h3-4,7H2,1-2H3;1H/i4D2;. The van der Waals surface area contributed by atoms with Crippen LogP contribution >= 0.6 is 11.6 Å². The summed E-state index contributed by atoms with van der Waals surface area (Å²) < 4.78 is 14.1. The van der Waals surface area contributed by atoms with Crippen LogP contribution in [0.1, 0.15) is 23.0 Å². The Hall–Kier alpha value is 0.540. The zero-order chi connectivity index (χ0) is 7.71. The van der Waals surface area contributed by atoms with E-state index in [0.717, 1.165) is 0 Å². The van der Waals surface area contributed by atoms with E-state index in [-0.39, 0.29) is 18.8 Å². The van der Waals surface area contributed by atoms with Gasteiger partial charge in [0.15, 0.2) is 0 Å². The van der Waals surface area contributed by atoms with Crippen molar-refractivity contribution in [2.75, 3.05) is 6.50 Å². The number of halogens is 2. The zero-order valence-corrected chi connectivity index (χ0v) is 6.68. The van der Waals surface area contributed by atoms with Crippen molar-refractivity contribution in [3.63, 3.8) is 0 Å². The topological polar surface area (TPSA) is 27.6 Å². The lowest BCUT2D eigenvalue weighted by molar-refractivity contribution is -0.369. The third kappa shape index (κ3) is 9.74. The van der Waals surface area contributed by atoms with E-state index in [2.05, 4.69) is 5.73 Å². The molecule has 0 aliphatic rings. The summed E-state index contributed by atoms with van der Waals surface area (Å²) in [4.78, 5) is -0.481. The van der Waals surface area contributed by atoms with Gasteiger partial charge in [0.2, 0.25) is 0 Å². The fraction of sp³-hybridized carbons (Fsp3) is 1.00. The lowest BCUT2D eigenvalue weighted by Crippen LogP contribution is -3.00. The lowest BCUT2D eigenvalue weighted by Gasteiger charge is -2.10. The Labute approximate surface area is 64.8 Å². The average Bonchev–Trinajstić information content (AvgIpc) is 1.14. The summed E-state index contributed by atoms with van der Waals surface area (Å²) in [6, 6.07) is 0. The number of alkyl halides is 1. The molecule has 0 aliphatic heterocycles. The average molecular weight is 160 g/mol. The Kier molecular flexibility index (Phi) is 3.68. The molecule has 52 valence electrons. The first kappa shape index (κ1) is 6.66. The molecule has 0 aliphatic carbocycles. The van der Waals surface area contributed by atoms with Gasteiger partial charge in [0.25, 0.3) is 0 Å². The second-order valence-corrected chi connectivity index (χ2v) is 3.17. The van der Waals surface area contributed by atoms with E-state index in [9.17, 15) is 0 Å². The third-order valence-electron chi connectivity index (χ3n) is 0.545. The second-order valence-electron chi connectivity index (χ2n) is 2.15. The van der Waals surface area contributed by atoms with Gasteiger partial charge in [0.1, 0.15) is 0 Å². The maximum atomic E-state index is 7.06. The van der Waals surface area contributed by atoms with Crippen molar-refractivity contribution in [1.82, 2.24) is 0 Å². The van der Waals surface area contributed by atoms with Crippen molar-refractivity contribution in [2.24, 2.45) is 0 Å². The van der Waals surface area contributed by atoms with Crippen LogP contribution in [0.3, 0.4) is 0 Å². The van der Waals surface area contributed by atoms with Gasteiger partial charge in [0.05, 0.1) is 9.24 Å². The lowest BCUT2D eigenvalue weighted by atomic mass is 10.1. The highest BCUT2D eigenvalue weighted by Crippen LogP contribution is 2.14. The number of hydrogen-bond donors (Lipinski definition) is 1. The Balaban J connectivity index is 0. The molecule has 0 spiro atoms. The summed E-state index contributed by atoms with van der Waals surface area (Å²) in [5.41, 5.74) is 3.30. The van der Waals surface area contributed by atoms with E-state index in [1.165, 1.54) is 0 Å². The van der Waals surface area contributed by atoms with E-state index in [1.54, 1.807) is 13.8 Å². The van der Waals surface area contributed by atoms with E-state index >= 15 is 0 Å². The summed E-state index contributed by atoms with van der Waals surface area (Å²) in [5, 5.41) is 0. The van der Waals surface area contributed by atoms with Crippen LogP contribution < -0.4 is 18.1 Å². The Morgan fingerprint density at radius 3 is 2.12 bits per heavy atom. The SMILES string of the molecule is [2H]C([2H])([NH3+])CC(C)(C)Cl.[Cl-]. The van der Waals surface area contributed by atoms with Crippen molar-refractivity contribution >= 4 is 11.6 Å². The van der Waals surface area contributed by atoms with Crippen LogP contribution in [0, 0.1) is 0 Å². The molecule has 3 N–H and O–H groups in total. The predicted molar refractivity (Wildman–Crippen MR) is 32.3 cm³/mol. The molecule has 0 radical (unpaired) electrons. The monoisotopic (exact) mass is 159 g/mol. The van der Waals surface area contributed by atoms with Crippen LogP contribution in [0.4, 0.5) is 0 Å². The van der Waals surface area contributed by atoms with E-state index in [1.807, 2.05) is 0 Å². The highest BCUT2D eigenvalue weighted by atomic mass is 35.5. The molecule has 0 aromatic rings. The molecule has 1 nitrogen and oxygen atoms in total. The molecular weight excluding hydrogens is 145 g/mol. The van der Waals surface area contributed by atoms with Gasteiger partial charge in [-0.1, -0.05) is 0 Å². The predicted octanol–water partition coefficient (Wildman–Crippen LogP) is -2.36. The van der Waals surface area contributed by atoms with Gasteiger partial charge in [-0.15, -0.1) is 11.6 Å². The Morgan fingerprint density at radius 2 is 2.12 bits per heavy atom. The van der Waals surface area contributed by atoms with Gasteiger partial charge in [-0.25, -0.2) is 0 Å². The normalized spacial score (nSPS) is 16.0. The smallest absolute Gasteiger partial charge is 0.0923 e. The maximum absolute atomic E-state index is 7.06. The Bertz CT molecular complexity index is 82.8. The van der Waals surface area contributed by atoms with Crippen LogP contribution in [-0.4, -0.2) is 11.4 Å². The quantitative estimate of drug-likeness (QED) is 0.438.